The summed E-state index contributed by atoms with van der Waals surface area (Å²) in [5.74, 6) is 0. The molecule has 7 aromatic rings. The number of hydrogen-bond acceptors (Lipinski definition) is 1. The van der Waals surface area contributed by atoms with E-state index in [1.165, 1.54) is 59.2 Å². The zero-order valence-electron chi connectivity index (χ0n) is 14.5. The van der Waals surface area contributed by atoms with Gasteiger partial charge in [-0.3, -0.25) is 0 Å². The van der Waals surface area contributed by atoms with Crippen molar-refractivity contribution in [2.45, 2.75) is 4.90 Å². The maximum absolute atomic E-state index is 4.90. The van der Waals surface area contributed by atoms with Crippen LogP contribution in [0.3, 0.4) is 0 Å². The normalized spacial score (nSPS) is 13.0. The third-order valence-corrected chi connectivity index (χ3v) is 10.9. The number of benzene rings is 7. The number of thiol groups is 1. The Kier molecular flexibility index (Phi) is 3.49. The van der Waals surface area contributed by atoms with Crippen LogP contribution in [0.2, 0.25) is 0 Å². The Hall–Kier alpha value is -0.850. The van der Waals surface area contributed by atoms with Crippen LogP contribution in [0, 0.1) is 0 Å². The number of hydrogen-bond donors (Lipinski definition) is 1. The molecule has 7 rings (SSSR count). The smallest absolute Gasteiger partial charge is 0.0414 e. The van der Waals surface area contributed by atoms with E-state index in [9.17, 15) is 0 Å². The molecular formula is C24H8Br4S. The van der Waals surface area contributed by atoms with Gasteiger partial charge in [0.25, 0.3) is 0 Å². The summed E-state index contributed by atoms with van der Waals surface area (Å²) in [6.45, 7) is 0. The van der Waals surface area contributed by atoms with Crippen molar-refractivity contribution in [1.29, 1.82) is 0 Å². The van der Waals surface area contributed by atoms with E-state index in [1.54, 1.807) is 0 Å². The van der Waals surface area contributed by atoms with Crippen molar-refractivity contribution in [3.8, 4) is 0 Å². The van der Waals surface area contributed by atoms with Gasteiger partial charge in [0.2, 0.25) is 0 Å². The highest BCUT2D eigenvalue weighted by Crippen LogP contribution is 2.56. The first kappa shape index (κ1) is 17.8. The van der Waals surface area contributed by atoms with Crippen molar-refractivity contribution >= 4 is 141 Å². The molecule has 138 valence electrons. The lowest BCUT2D eigenvalue weighted by Crippen LogP contribution is -1.96. The standard InChI is InChI=1S/C24H8Br4S/c25-21-11-6-5-9-2-1-8-3-4-10-7-12(29)17-18-15(10)13(8)14(9)16(11)19(18)20(23(21)27)24(28)22(17)26/h1-7,29H. The minimum Gasteiger partial charge on any atom is -0.143 e. The van der Waals surface area contributed by atoms with E-state index >= 15 is 0 Å². The fraction of sp³-hybridized carbons (Fsp3) is 0. The van der Waals surface area contributed by atoms with Crippen LogP contribution >= 0.6 is 76.3 Å². The van der Waals surface area contributed by atoms with Gasteiger partial charge in [0, 0.05) is 44.3 Å². The zero-order valence-corrected chi connectivity index (χ0v) is 21.7. The second-order valence-corrected chi connectivity index (χ2v) is 11.2. The van der Waals surface area contributed by atoms with Crippen LogP contribution in [0.25, 0.3) is 64.6 Å². The number of halogens is 4. The van der Waals surface area contributed by atoms with E-state index in [0.717, 1.165) is 28.2 Å². The summed E-state index contributed by atoms with van der Waals surface area (Å²) >= 11 is 20.4. The molecule has 7 aromatic carbocycles. The molecule has 0 unspecified atom stereocenters. The predicted molar refractivity (Wildman–Crippen MR) is 143 cm³/mol. The molecule has 0 saturated carbocycles. The van der Waals surface area contributed by atoms with Crippen LogP contribution in [-0.4, -0.2) is 0 Å². The summed E-state index contributed by atoms with van der Waals surface area (Å²) in [7, 11) is 0. The van der Waals surface area contributed by atoms with Gasteiger partial charge in [-0.2, -0.15) is 0 Å². The maximum atomic E-state index is 4.90. The van der Waals surface area contributed by atoms with E-state index in [2.05, 4.69) is 106 Å². The molecule has 0 aliphatic heterocycles. The van der Waals surface area contributed by atoms with E-state index in [4.69, 9.17) is 12.6 Å². The largest absolute Gasteiger partial charge is 0.143 e. The fourth-order valence-electron chi connectivity index (χ4n) is 5.16. The van der Waals surface area contributed by atoms with E-state index in [-0.39, 0.29) is 0 Å². The zero-order chi connectivity index (χ0) is 19.8. The summed E-state index contributed by atoms with van der Waals surface area (Å²) in [4.78, 5) is 0.986. The first-order chi connectivity index (χ1) is 14.0. The van der Waals surface area contributed by atoms with Gasteiger partial charge < -0.3 is 0 Å². The number of rotatable bonds is 0. The Morgan fingerprint density at radius 2 is 0.931 bits per heavy atom. The van der Waals surface area contributed by atoms with Gasteiger partial charge >= 0.3 is 0 Å². The minimum atomic E-state index is 0.986. The third kappa shape index (κ3) is 1.94. The van der Waals surface area contributed by atoms with Crippen molar-refractivity contribution in [3.63, 3.8) is 0 Å². The molecule has 0 nitrogen and oxygen atoms in total. The molecule has 0 spiro atoms. The quantitative estimate of drug-likeness (QED) is 0.0945. The second-order valence-electron chi connectivity index (χ2n) is 7.57. The van der Waals surface area contributed by atoms with Crippen molar-refractivity contribution in [1.82, 2.24) is 0 Å². The summed E-state index contributed by atoms with van der Waals surface area (Å²) in [5, 5.41) is 15.3. The first-order valence-corrected chi connectivity index (χ1v) is 12.7. The molecule has 0 N–H and O–H groups in total. The molecule has 0 saturated heterocycles. The Labute approximate surface area is 204 Å². The van der Waals surface area contributed by atoms with Crippen LogP contribution in [0.5, 0.6) is 0 Å². The van der Waals surface area contributed by atoms with Crippen molar-refractivity contribution in [2.75, 3.05) is 0 Å². The Balaban J connectivity index is 2.10. The van der Waals surface area contributed by atoms with E-state index in [1.807, 2.05) is 0 Å². The van der Waals surface area contributed by atoms with Crippen LogP contribution in [0.15, 0.2) is 65.3 Å². The van der Waals surface area contributed by atoms with Crippen LogP contribution < -0.4 is 0 Å². The molecule has 0 amide bonds. The molecule has 29 heavy (non-hydrogen) atoms. The van der Waals surface area contributed by atoms with Crippen molar-refractivity contribution < 1.29 is 0 Å². The molecule has 0 aliphatic carbocycles. The third-order valence-electron chi connectivity index (χ3n) is 6.28. The molecule has 0 heterocycles. The minimum absolute atomic E-state index is 0.986. The van der Waals surface area contributed by atoms with Crippen LogP contribution in [-0.2, 0) is 0 Å². The molecule has 0 aliphatic rings. The Morgan fingerprint density at radius 1 is 0.448 bits per heavy atom. The summed E-state index contributed by atoms with van der Waals surface area (Å²) in [5.41, 5.74) is 0. The summed E-state index contributed by atoms with van der Waals surface area (Å²) < 4.78 is 4.25. The van der Waals surface area contributed by atoms with Gasteiger partial charge in [-0.15, -0.1) is 12.6 Å². The molecule has 5 heteroatoms. The molecule has 0 bridgehead atoms. The van der Waals surface area contributed by atoms with Gasteiger partial charge in [-0.05, 0) is 113 Å². The Morgan fingerprint density at radius 3 is 1.66 bits per heavy atom. The first-order valence-electron chi connectivity index (χ1n) is 9.04. The monoisotopic (exact) mass is 644 g/mol. The highest BCUT2D eigenvalue weighted by atomic mass is 79.9. The lowest BCUT2D eigenvalue weighted by molar-refractivity contribution is 1.58. The molecule has 0 radical (unpaired) electrons. The molecule has 0 aromatic heterocycles. The maximum Gasteiger partial charge on any atom is 0.0414 e. The van der Waals surface area contributed by atoms with Gasteiger partial charge in [-0.1, -0.05) is 36.4 Å². The topological polar surface area (TPSA) is 0 Å². The average molecular weight is 648 g/mol. The Bertz CT molecular complexity index is 1800. The van der Waals surface area contributed by atoms with Gasteiger partial charge in [0.15, 0.2) is 0 Å². The second kappa shape index (κ2) is 5.68. The van der Waals surface area contributed by atoms with E-state index in [0.29, 0.717) is 0 Å². The lowest BCUT2D eigenvalue weighted by Gasteiger charge is -2.24. The van der Waals surface area contributed by atoms with Gasteiger partial charge in [0.05, 0.1) is 0 Å². The van der Waals surface area contributed by atoms with Crippen LogP contribution in [0.4, 0.5) is 0 Å². The SMILES string of the molecule is Sc1cc2ccc3ccc4ccc5c(Br)c(Br)c6c(Br)c(Br)c1c1c2c3c4c5c61. The molecule has 0 fully saturated rings. The van der Waals surface area contributed by atoms with E-state index < -0.39 is 0 Å². The predicted octanol–water partition coefficient (Wildman–Crippen LogP) is 10.3. The lowest BCUT2D eigenvalue weighted by atomic mass is 9.83. The molecular weight excluding hydrogens is 640 g/mol. The van der Waals surface area contributed by atoms with Gasteiger partial charge in [0.1, 0.15) is 0 Å². The van der Waals surface area contributed by atoms with Gasteiger partial charge in [-0.25, -0.2) is 0 Å². The van der Waals surface area contributed by atoms with Crippen molar-refractivity contribution in [2.24, 2.45) is 0 Å². The summed E-state index contributed by atoms with van der Waals surface area (Å²) in [6.07, 6.45) is 0. The van der Waals surface area contributed by atoms with Crippen LogP contribution in [0.1, 0.15) is 0 Å². The average Bonchev–Trinajstić information content (AvgIpc) is 2.72. The van der Waals surface area contributed by atoms with Crippen molar-refractivity contribution in [3.05, 3.63) is 60.4 Å². The molecule has 0 atom stereocenters. The highest BCUT2D eigenvalue weighted by Gasteiger charge is 2.26. The summed E-state index contributed by atoms with van der Waals surface area (Å²) in [6, 6.07) is 15.6. The highest BCUT2D eigenvalue weighted by molar-refractivity contribution is 9.14. The fourth-order valence-corrected chi connectivity index (χ4v) is 8.29.